The van der Waals surface area contributed by atoms with Crippen LogP contribution in [0.1, 0.15) is 12.6 Å². The van der Waals surface area contributed by atoms with Crippen molar-refractivity contribution in [3.05, 3.63) is 57.1 Å². The van der Waals surface area contributed by atoms with Gasteiger partial charge in [0, 0.05) is 18.7 Å². The lowest BCUT2D eigenvalue weighted by molar-refractivity contribution is -0.144. The third kappa shape index (κ3) is 4.19. The number of alkyl halides is 3. The normalized spacial score (nSPS) is 11.5. The highest BCUT2D eigenvalue weighted by molar-refractivity contribution is 6.32. The van der Waals surface area contributed by atoms with Crippen LogP contribution in [0.4, 0.5) is 17.6 Å². The van der Waals surface area contributed by atoms with Gasteiger partial charge in [0.15, 0.2) is 0 Å². The van der Waals surface area contributed by atoms with Gasteiger partial charge in [0.25, 0.3) is 0 Å². The molecule has 0 aliphatic heterocycles. The van der Waals surface area contributed by atoms with E-state index in [0.717, 1.165) is 19.2 Å². The summed E-state index contributed by atoms with van der Waals surface area (Å²) < 4.78 is 58.5. The standard InChI is InChI=1S/C16H13ClF4N2O2/c1-8(2)7-25-13-4-9(11(18)5-10(13)17)15-12(24)6-14(16(19,20)21)23(3)22-15/h4-6H,1,7H2,2-3H3. The molecular weight excluding hydrogens is 364 g/mol. The molecule has 4 nitrogen and oxygen atoms in total. The molecule has 2 aromatic rings. The second-order valence-electron chi connectivity index (χ2n) is 5.37. The Morgan fingerprint density at radius 2 is 2.00 bits per heavy atom. The second kappa shape index (κ2) is 6.87. The molecule has 2 rings (SSSR count). The zero-order chi connectivity index (χ0) is 18.9. The number of aryl methyl sites for hydroxylation is 1. The first-order chi connectivity index (χ1) is 11.5. The molecule has 0 spiro atoms. The van der Waals surface area contributed by atoms with Gasteiger partial charge in [-0.3, -0.25) is 9.48 Å². The van der Waals surface area contributed by atoms with E-state index >= 15 is 0 Å². The van der Waals surface area contributed by atoms with Gasteiger partial charge in [-0.2, -0.15) is 18.3 Å². The van der Waals surface area contributed by atoms with E-state index in [4.69, 9.17) is 16.3 Å². The highest BCUT2D eigenvalue weighted by Gasteiger charge is 2.34. The maximum Gasteiger partial charge on any atom is 0.433 e. The summed E-state index contributed by atoms with van der Waals surface area (Å²) in [6, 6.07) is 2.39. The molecule has 1 aromatic heterocycles. The van der Waals surface area contributed by atoms with Crippen LogP contribution in [0.2, 0.25) is 5.02 Å². The third-order valence-electron chi connectivity index (χ3n) is 3.14. The first-order valence-corrected chi connectivity index (χ1v) is 7.30. The van der Waals surface area contributed by atoms with Crippen molar-refractivity contribution in [1.29, 1.82) is 0 Å². The van der Waals surface area contributed by atoms with Gasteiger partial charge in [-0.05, 0) is 24.6 Å². The van der Waals surface area contributed by atoms with Crippen molar-refractivity contribution in [2.45, 2.75) is 13.1 Å². The van der Waals surface area contributed by atoms with Gasteiger partial charge < -0.3 is 4.74 Å². The van der Waals surface area contributed by atoms with Crippen LogP contribution < -0.4 is 10.2 Å². The van der Waals surface area contributed by atoms with Crippen LogP contribution in [0.15, 0.2) is 35.1 Å². The van der Waals surface area contributed by atoms with Crippen molar-refractivity contribution < 1.29 is 22.3 Å². The van der Waals surface area contributed by atoms with Crippen LogP contribution in [-0.2, 0) is 13.2 Å². The van der Waals surface area contributed by atoms with Crippen LogP contribution in [0.5, 0.6) is 5.75 Å². The maximum atomic E-state index is 14.2. The minimum absolute atomic E-state index is 0.0498. The number of ether oxygens (including phenoxy) is 1. The molecule has 0 N–H and O–H groups in total. The summed E-state index contributed by atoms with van der Waals surface area (Å²) in [7, 11) is 1.01. The highest BCUT2D eigenvalue weighted by Crippen LogP contribution is 2.33. The smallest absolute Gasteiger partial charge is 0.433 e. The Bertz CT molecular complexity index is 891. The van der Waals surface area contributed by atoms with Crippen molar-refractivity contribution in [2.75, 3.05) is 6.61 Å². The fourth-order valence-electron chi connectivity index (χ4n) is 2.01. The van der Waals surface area contributed by atoms with Crippen LogP contribution in [0.25, 0.3) is 11.3 Å². The number of benzene rings is 1. The zero-order valence-electron chi connectivity index (χ0n) is 13.2. The Balaban J connectivity index is 2.58. The SMILES string of the molecule is C=C(C)COc1cc(-c2nn(C)c(C(F)(F)F)cc2=O)c(F)cc1Cl. The molecule has 0 saturated heterocycles. The first kappa shape index (κ1) is 19.0. The molecule has 0 saturated carbocycles. The van der Waals surface area contributed by atoms with Crippen molar-refractivity contribution in [3.63, 3.8) is 0 Å². The Labute approximate surface area is 145 Å². The maximum absolute atomic E-state index is 14.2. The summed E-state index contributed by atoms with van der Waals surface area (Å²) in [5, 5.41) is 3.51. The average Bonchev–Trinajstić information content (AvgIpc) is 2.47. The molecular formula is C16H13ClF4N2O2. The van der Waals surface area contributed by atoms with E-state index in [1.807, 2.05) is 0 Å². The molecule has 1 aromatic carbocycles. The molecule has 0 amide bonds. The number of aromatic nitrogens is 2. The Morgan fingerprint density at radius 3 is 2.56 bits per heavy atom. The van der Waals surface area contributed by atoms with Crippen LogP contribution >= 0.6 is 11.6 Å². The quantitative estimate of drug-likeness (QED) is 0.593. The van der Waals surface area contributed by atoms with Gasteiger partial charge in [0.05, 0.1) is 5.02 Å². The minimum atomic E-state index is -4.76. The molecule has 0 unspecified atom stereocenters. The number of halogens is 5. The van der Waals surface area contributed by atoms with E-state index in [1.165, 1.54) is 0 Å². The van der Waals surface area contributed by atoms with E-state index in [0.29, 0.717) is 16.3 Å². The van der Waals surface area contributed by atoms with Gasteiger partial charge in [-0.25, -0.2) is 4.39 Å². The van der Waals surface area contributed by atoms with E-state index in [-0.39, 0.29) is 22.9 Å². The van der Waals surface area contributed by atoms with Crippen molar-refractivity contribution >= 4 is 11.6 Å². The molecule has 9 heteroatoms. The van der Waals surface area contributed by atoms with Crippen molar-refractivity contribution in [1.82, 2.24) is 9.78 Å². The van der Waals surface area contributed by atoms with Gasteiger partial charge in [-0.1, -0.05) is 18.2 Å². The van der Waals surface area contributed by atoms with Crippen molar-refractivity contribution in [3.8, 4) is 17.0 Å². The number of nitrogens with zero attached hydrogens (tertiary/aromatic N) is 2. The Morgan fingerprint density at radius 1 is 1.36 bits per heavy atom. The number of hydrogen-bond acceptors (Lipinski definition) is 3. The predicted octanol–water partition coefficient (Wildman–Crippen LogP) is 4.21. The van der Waals surface area contributed by atoms with Crippen LogP contribution in [0.3, 0.4) is 0 Å². The summed E-state index contributed by atoms with van der Waals surface area (Å²) in [6.07, 6.45) is -4.76. The third-order valence-corrected chi connectivity index (χ3v) is 3.44. The summed E-state index contributed by atoms with van der Waals surface area (Å²) in [5.74, 6) is -0.846. The lowest BCUT2D eigenvalue weighted by Crippen LogP contribution is -2.22. The first-order valence-electron chi connectivity index (χ1n) is 6.93. The van der Waals surface area contributed by atoms with Gasteiger partial charge in [0.2, 0.25) is 5.43 Å². The second-order valence-corrected chi connectivity index (χ2v) is 5.78. The molecule has 1 heterocycles. The molecule has 134 valence electrons. The Hall–Kier alpha value is -2.35. The fourth-order valence-corrected chi connectivity index (χ4v) is 2.22. The lowest BCUT2D eigenvalue weighted by Gasteiger charge is -2.14. The summed E-state index contributed by atoms with van der Waals surface area (Å²) in [6.45, 7) is 5.44. The zero-order valence-corrected chi connectivity index (χ0v) is 14.0. The summed E-state index contributed by atoms with van der Waals surface area (Å²) in [5.41, 5.74) is -2.43. The topological polar surface area (TPSA) is 44.1 Å². The van der Waals surface area contributed by atoms with Crippen LogP contribution in [-0.4, -0.2) is 16.4 Å². The largest absolute Gasteiger partial charge is 0.488 e. The van der Waals surface area contributed by atoms with E-state index in [2.05, 4.69) is 11.7 Å². The van der Waals surface area contributed by atoms with E-state index in [1.54, 1.807) is 6.92 Å². The van der Waals surface area contributed by atoms with E-state index < -0.39 is 28.8 Å². The molecule has 25 heavy (non-hydrogen) atoms. The summed E-state index contributed by atoms with van der Waals surface area (Å²) in [4.78, 5) is 12.0. The highest BCUT2D eigenvalue weighted by atomic mass is 35.5. The molecule has 0 fully saturated rings. The molecule has 0 aliphatic rings. The number of rotatable bonds is 4. The van der Waals surface area contributed by atoms with Crippen LogP contribution in [0, 0.1) is 5.82 Å². The lowest BCUT2D eigenvalue weighted by atomic mass is 10.1. The minimum Gasteiger partial charge on any atom is -0.488 e. The predicted molar refractivity (Wildman–Crippen MR) is 85.2 cm³/mol. The fraction of sp³-hybridized carbons (Fsp3) is 0.250. The van der Waals surface area contributed by atoms with Gasteiger partial charge in [-0.15, -0.1) is 0 Å². The van der Waals surface area contributed by atoms with Crippen molar-refractivity contribution in [2.24, 2.45) is 7.05 Å². The summed E-state index contributed by atoms with van der Waals surface area (Å²) >= 11 is 5.88. The van der Waals surface area contributed by atoms with Gasteiger partial charge in [0.1, 0.15) is 29.6 Å². The van der Waals surface area contributed by atoms with E-state index in [9.17, 15) is 22.4 Å². The molecule has 0 aliphatic carbocycles. The Kier molecular flexibility index (Phi) is 5.22. The van der Waals surface area contributed by atoms with Gasteiger partial charge >= 0.3 is 6.18 Å². The number of hydrogen-bond donors (Lipinski definition) is 0. The molecule has 0 radical (unpaired) electrons. The monoisotopic (exact) mass is 376 g/mol. The average molecular weight is 377 g/mol. The molecule has 0 atom stereocenters. The molecule has 0 bridgehead atoms.